The molecule has 3 heteroatoms. The normalized spacial score (nSPS) is 25.1. The van der Waals surface area contributed by atoms with E-state index in [4.69, 9.17) is 9.47 Å². The van der Waals surface area contributed by atoms with Crippen molar-refractivity contribution >= 4 is 5.69 Å². The standard InChI is InChI=1S/C17H27NO2/c1-12-11-17(2,3)9-8-14(12)18-15-7-6-13(19-4)10-16(15)20-5/h6-7,10,12,14,18H,8-9,11H2,1-5H3. The zero-order valence-electron chi connectivity index (χ0n) is 13.3. The predicted octanol–water partition coefficient (Wildman–Crippen LogP) is 4.33. The predicted molar refractivity (Wildman–Crippen MR) is 83.8 cm³/mol. The zero-order valence-corrected chi connectivity index (χ0v) is 13.3. The quantitative estimate of drug-likeness (QED) is 0.888. The van der Waals surface area contributed by atoms with E-state index in [9.17, 15) is 0 Å². The molecule has 0 heterocycles. The van der Waals surface area contributed by atoms with E-state index in [1.807, 2.05) is 18.2 Å². The molecule has 0 bridgehead atoms. The Balaban J connectivity index is 2.10. The van der Waals surface area contributed by atoms with E-state index < -0.39 is 0 Å². The highest BCUT2D eigenvalue weighted by atomic mass is 16.5. The summed E-state index contributed by atoms with van der Waals surface area (Å²) < 4.78 is 10.7. The van der Waals surface area contributed by atoms with E-state index in [-0.39, 0.29) is 0 Å². The first-order valence-corrected chi connectivity index (χ1v) is 7.44. The molecule has 20 heavy (non-hydrogen) atoms. The lowest BCUT2D eigenvalue weighted by atomic mass is 9.70. The first-order valence-electron chi connectivity index (χ1n) is 7.44. The number of hydrogen-bond acceptors (Lipinski definition) is 3. The summed E-state index contributed by atoms with van der Waals surface area (Å²) in [6.45, 7) is 7.08. The first kappa shape index (κ1) is 15.0. The van der Waals surface area contributed by atoms with Gasteiger partial charge in [0.2, 0.25) is 0 Å². The van der Waals surface area contributed by atoms with Gasteiger partial charge in [0.25, 0.3) is 0 Å². The summed E-state index contributed by atoms with van der Waals surface area (Å²) in [6.07, 6.45) is 3.75. The van der Waals surface area contributed by atoms with Crippen LogP contribution in [0.3, 0.4) is 0 Å². The molecule has 0 aliphatic heterocycles. The topological polar surface area (TPSA) is 30.5 Å². The minimum Gasteiger partial charge on any atom is -0.497 e. The van der Waals surface area contributed by atoms with Crippen LogP contribution in [-0.2, 0) is 0 Å². The molecular formula is C17H27NO2. The second-order valence-corrected chi connectivity index (χ2v) is 6.70. The molecule has 3 nitrogen and oxygen atoms in total. The second-order valence-electron chi connectivity index (χ2n) is 6.70. The average Bonchev–Trinajstić information content (AvgIpc) is 2.41. The molecule has 1 aliphatic carbocycles. The fraction of sp³-hybridized carbons (Fsp3) is 0.647. The van der Waals surface area contributed by atoms with Crippen molar-refractivity contribution in [2.75, 3.05) is 19.5 Å². The molecule has 1 saturated carbocycles. The van der Waals surface area contributed by atoms with Crippen LogP contribution in [0.1, 0.15) is 40.0 Å². The van der Waals surface area contributed by atoms with Crippen LogP contribution in [0.4, 0.5) is 5.69 Å². The Labute approximate surface area is 122 Å². The van der Waals surface area contributed by atoms with E-state index >= 15 is 0 Å². The highest BCUT2D eigenvalue weighted by molar-refractivity contribution is 5.59. The van der Waals surface area contributed by atoms with Gasteiger partial charge < -0.3 is 14.8 Å². The minimum atomic E-state index is 0.474. The molecule has 1 aromatic rings. The molecule has 1 N–H and O–H groups in total. The zero-order chi connectivity index (χ0) is 14.8. The summed E-state index contributed by atoms with van der Waals surface area (Å²) in [5.41, 5.74) is 1.53. The first-order chi connectivity index (χ1) is 9.45. The van der Waals surface area contributed by atoms with Crippen molar-refractivity contribution in [1.82, 2.24) is 0 Å². The van der Waals surface area contributed by atoms with Crippen molar-refractivity contribution in [2.24, 2.45) is 11.3 Å². The number of hydrogen-bond donors (Lipinski definition) is 1. The van der Waals surface area contributed by atoms with Gasteiger partial charge in [0.05, 0.1) is 19.9 Å². The summed E-state index contributed by atoms with van der Waals surface area (Å²) in [6, 6.07) is 6.47. The van der Waals surface area contributed by atoms with Crippen LogP contribution in [0.15, 0.2) is 18.2 Å². The molecule has 1 aromatic carbocycles. The lowest BCUT2D eigenvalue weighted by molar-refractivity contribution is 0.177. The van der Waals surface area contributed by atoms with Gasteiger partial charge in [-0.05, 0) is 42.7 Å². The van der Waals surface area contributed by atoms with Gasteiger partial charge in [-0.3, -0.25) is 0 Å². The third kappa shape index (κ3) is 3.38. The highest BCUT2D eigenvalue weighted by Crippen LogP contribution is 2.40. The van der Waals surface area contributed by atoms with Crippen molar-refractivity contribution in [3.63, 3.8) is 0 Å². The van der Waals surface area contributed by atoms with Crippen molar-refractivity contribution in [2.45, 2.75) is 46.1 Å². The van der Waals surface area contributed by atoms with Gasteiger partial charge >= 0.3 is 0 Å². The second kappa shape index (κ2) is 5.94. The van der Waals surface area contributed by atoms with Crippen LogP contribution in [0.25, 0.3) is 0 Å². The molecular weight excluding hydrogens is 250 g/mol. The monoisotopic (exact) mass is 277 g/mol. The molecule has 0 saturated heterocycles. The van der Waals surface area contributed by atoms with Crippen LogP contribution >= 0.6 is 0 Å². The molecule has 2 atom stereocenters. The molecule has 0 spiro atoms. The maximum absolute atomic E-state index is 5.46. The van der Waals surface area contributed by atoms with Gasteiger partial charge in [-0.2, -0.15) is 0 Å². The Bertz CT molecular complexity index is 456. The summed E-state index contributed by atoms with van der Waals surface area (Å²) in [5.74, 6) is 2.34. The smallest absolute Gasteiger partial charge is 0.145 e. The van der Waals surface area contributed by atoms with Gasteiger partial charge in [-0.25, -0.2) is 0 Å². The van der Waals surface area contributed by atoms with E-state index in [0.29, 0.717) is 17.4 Å². The Morgan fingerprint density at radius 2 is 1.95 bits per heavy atom. The van der Waals surface area contributed by atoms with E-state index in [1.54, 1.807) is 14.2 Å². The Kier molecular flexibility index (Phi) is 4.46. The van der Waals surface area contributed by atoms with E-state index in [2.05, 4.69) is 26.1 Å². The summed E-state index contributed by atoms with van der Waals surface area (Å²) in [4.78, 5) is 0. The lowest BCUT2D eigenvalue weighted by Gasteiger charge is -2.40. The molecule has 1 aliphatic rings. The Hall–Kier alpha value is -1.38. The number of rotatable bonds is 4. The number of ether oxygens (including phenoxy) is 2. The van der Waals surface area contributed by atoms with Crippen molar-refractivity contribution in [3.05, 3.63) is 18.2 Å². The maximum Gasteiger partial charge on any atom is 0.145 e. The third-order valence-electron chi connectivity index (χ3n) is 4.44. The largest absolute Gasteiger partial charge is 0.497 e. The molecule has 112 valence electrons. The van der Waals surface area contributed by atoms with Gasteiger partial charge in [0, 0.05) is 12.1 Å². The van der Waals surface area contributed by atoms with Gasteiger partial charge in [-0.1, -0.05) is 20.8 Å². The molecule has 2 rings (SSSR count). The van der Waals surface area contributed by atoms with E-state index in [0.717, 1.165) is 17.2 Å². The summed E-state index contributed by atoms with van der Waals surface area (Å²) in [5, 5.41) is 3.66. The summed E-state index contributed by atoms with van der Waals surface area (Å²) in [7, 11) is 3.38. The number of benzene rings is 1. The molecule has 0 radical (unpaired) electrons. The fourth-order valence-corrected chi connectivity index (χ4v) is 3.28. The van der Waals surface area contributed by atoms with Crippen LogP contribution in [0.5, 0.6) is 11.5 Å². The van der Waals surface area contributed by atoms with Crippen molar-refractivity contribution in [3.8, 4) is 11.5 Å². The third-order valence-corrected chi connectivity index (χ3v) is 4.44. The van der Waals surface area contributed by atoms with Gasteiger partial charge in [0.15, 0.2) is 0 Å². The maximum atomic E-state index is 5.46. The number of methoxy groups -OCH3 is 2. The molecule has 0 aromatic heterocycles. The van der Waals surface area contributed by atoms with Gasteiger partial charge in [0.1, 0.15) is 11.5 Å². The SMILES string of the molecule is COc1ccc(NC2CCC(C)(C)CC2C)c(OC)c1. The lowest BCUT2D eigenvalue weighted by Crippen LogP contribution is -2.36. The van der Waals surface area contributed by atoms with Crippen LogP contribution < -0.4 is 14.8 Å². The van der Waals surface area contributed by atoms with Crippen LogP contribution in [0.2, 0.25) is 0 Å². The summed E-state index contributed by atoms with van der Waals surface area (Å²) >= 11 is 0. The molecule has 1 fully saturated rings. The average molecular weight is 277 g/mol. The van der Waals surface area contributed by atoms with Gasteiger partial charge in [-0.15, -0.1) is 0 Å². The van der Waals surface area contributed by atoms with Crippen LogP contribution in [0, 0.1) is 11.3 Å². The Morgan fingerprint density at radius 3 is 2.55 bits per heavy atom. The van der Waals surface area contributed by atoms with Crippen molar-refractivity contribution < 1.29 is 9.47 Å². The highest BCUT2D eigenvalue weighted by Gasteiger charge is 2.32. The minimum absolute atomic E-state index is 0.474. The number of anilines is 1. The molecule has 0 amide bonds. The van der Waals surface area contributed by atoms with Crippen LogP contribution in [-0.4, -0.2) is 20.3 Å². The van der Waals surface area contributed by atoms with E-state index in [1.165, 1.54) is 19.3 Å². The molecule has 2 unspecified atom stereocenters. The number of nitrogens with one attached hydrogen (secondary N) is 1. The Morgan fingerprint density at radius 1 is 1.20 bits per heavy atom. The fourth-order valence-electron chi connectivity index (χ4n) is 3.28. The van der Waals surface area contributed by atoms with Crippen molar-refractivity contribution in [1.29, 1.82) is 0 Å².